The third-order valence-electron chi connectivity index (χ3n) is 2.48. The van der Waals surface area contributed by atoms with Gasteiger partial charge in [0.2, 0.25) is 0 Å². The van der Waals surface area contributed by atoms with Crippen LogP contribution in [0.15, 0.2) is 35.4 Å². The second-order valence-corrected chi connectivity index (χ2v) is 4.95. The van der Waals surface area contributed by atoms with Gasteiger partial charge in [-0.1, -0.05) is 19.1 Å². The van der Waals surface area contributed by atoms with E-state index in [2.05, 4.69) is 12.0 Å². The Bertz CT molecular complexity index is 525. The molecule has 2 rings (SSSR count). The van der Waals surface area contributed by atoms with Crippen LogP contribution >= 0.6 is 11.8 Å². The Morgan fingerprint density at radius 3 is 2.89 bits per heavy atom. The van der Waals surface area contributed by atoms with Crippen molar-refractivity contribution in [2.75, 3.05) is 18.6 Å². The number of benzene rings is 1. The van der Waals surface area contributed by atoms with Crippen LogP contribution < -0.4 is 10.5 Å². The highest BCUT2D eigenvalue weighted by atomic mass is 32.2. The Labute approximate surface area is 111 Å². The number of rotatable bonds is 5. The van der Waals surface area contributed by atoms with Gasteiger partial charge in [0.15, 0.2) is 0 Å². The van der Waals surface area contributed by atoms with Crippen molar-refractivity contribution in [1.82, 2.24) is 9.78 Å². The number of ether oxygens (including phenoxy) is 1. The molecule has 0 bridgehead atoms. The molecule has 1 heterocycles. The highest BCUT2D eigenvalue weighted by molar-refractivity contribution is 7.99. The molecule has 0 aliphatic heterocycles. The number of anilines is 1. The van der Waals surface area contributed by atoms with Crippen LogP contribution in [0.4, 0.5) is 5.82 Å². The first-order valence-electron chi connectivity index (χ1n) is 5.88. The molecule has 0 fully saturated rings. The van der Waals surface area contributed by atoms with Crippen LogP contribution in [-0.2, 0) is 0 Å². The summed E-state index contributed by atoms with van der Waals surface area (Å²) in [7, 11) is 1.64. The monoisotopic (exact) mass is 263 g/mol. The van der Waals surface area contributed by atoms with Gasteiger partial charge in [0.25, 0.3) is 0 Å². The third-order valence-corrected chi connectivity index (χ3v) is 3.59. The summed E-state index contributed by atoms with van der Waals surface area (Å²) in [6.45, 7) is 2.15. The number of aromatic nitrogens is 2. The topological polar surface area (TPSA) is 53.1 Å². The molecular weight excluding hydrogens is 246 g/mol. The van der Waals surface area contributed by atoms with Gasteiger partial charge < -0.3 is 10.5 Å². The standard InChI is InChI=1S/C13H17N3OS/c1-3-8-18-13-9-12(14)16(15-13)10-6-4-5-7-11(10)17-2/h4-7,9H,3,8,14H2,1-2H3. The predicted octanol–water partition coefficient (Wildman–Crippen LogP) is 2.97. The van der Waals surface area contributed by atoms with Gasteiger partial charge in [0, 0.05) is 6.07 Å². The summed E-state index contributed by atoms with van der Waals surface area (Å²) in [5.74, 6) is 2.43. The number of methoxy groups -OCH3 is 1. The first-order valence-corrected chi connectivity index (χ1v) is 6.86. The van der Waals surface area contributed by atoms with E-state index >= 15 is 0 Å². The molecule has 0 radical (unpaired) electrons. The molecule has 1 aromatic heterocycles. The zero-order valence-corrected chi connectivity index (χ0v) is 11.4. The predicted molar refractivity (Wildman–Crippen MR) is 75.5 cm³/mol. The molecule has 0 aliphatic carbocycles. The molecule has 1 aromatic carbocycles. The lowest BCUT2D eigenvalue weighted by Crippen LogP contribution is -2.03. The first kappa shape index (κ1) is 12.8. The summed E-state index contributed by atoms with van der Waals surface area (Å²) < 4.78 is 7.04. The molecule has 96 valence electrons. The third kappa shape index (κ3) is 2.61. The number of hydrogen-bond donors (Lipinski definition) is 1. The molecular formula is C13H17N3OS. The lowest BCUT2D eigenvalue weighted by molar-refractivity contribution is 0.411. The minimum atomic E-state index is 0.623. The highest BCUT2D eigenvalue weighted by Gasteiger charge is 2.10. The summed E-state index contributed by atoms with van der Waals surface area (Å²) in [6.07, 6.45) is 1.12. The van der Waals surface area contributed by atoms with E-state index in [0.29, 0.717) is 5.82 Å². The van der Waals surface area contributed by atoms with Crippen molar-refractivity contribution in [3.8, 4) is 11.4 Å². The quantitative estimate of drug-likeness (QED) is 0.843. The summed E-state index contributed by atoms with van der Waals surface area (Å²) >= 11 is 1.71. The summed E-state index contributed by atoms with van der Waals surface area (Å²) in [5, 5.41) is 5.45. The van der Waals surface area contributed by atoms with Crippen molar-refractivity contribution >= 4 is 17.6 Å². The van der Waals surface area contributed by atoms with Gasteiger partial charge in [-0.3, -0.25) is 0 Å². The van der Waals surface area contributed by atoms with Gasteiger partial charge in [-0.15, -0.1) is 11.8 Å². The second kappa shape index (κ2) is 5.82. The van der Waals surface area contributed by atoms with Crippen molar-refractivity contribution in [1.29, 1.82) is 0 Å². The Hall–Kier alpha value is -1.62. The number of nitrogens with two attached hydrogens (primary N) is 1. The number of nitrogens with zero attached hydrogens (tertiary/aromatic N) is 2. The van der Waals surface area contributed by atoms with Crippen LogP contribution in [-0.4, -0.2) is 22.6 Å². The molecule has 0 atom stereocenters. The van der Waals surface area contributed by atoms with Crippen LogP contribution in [0.5, 0.6) is 5.75 Å². The van der Waals surface area contributed by atoms with Crippen molar-refractivity contribution in [2.24, 2.45) is 0 Å². The van der Waals surface area contributed by atoms with Crippen molar-refractivity contribution in [3.05, 3.63) is 30.3 Å². The van der Waals surface area contributed by atoms with Crippen LogP contribution in [0.3, 0.4) is 0 Å². The van der Waals surface area contributed by atoms with Gasteiger partial charge in [0.05, 0.1) is 7.11 Å². The van der Waals surface area contributed by atoms with E-state index in [1.165, 1.54) is 0 Å². The largest absolute Gasteiger partial charge is 0.494 e. The Kier molecular flexibility index (Phi) is 4.15. The van der Waals surface area contributed by atoms with E-state index < -0.39 is 0 Å². The molecule has 4 nitrogen and oxygen atoms in total. The van der Waals surface area contributed by atoms with Crippen LogP contribution in [0.25, 0.3) is 5.69 Å². The van der Waals surface area contributed by atoms with Crippen LogP contribution in [0.1, 0.15) is 13.3 Å². The van der Waals surface area contributed by atoms with Crippen LogP contribution in [0.2, 0.25) is 0 Å². The maximum absolute atomic E-state index is 6.00. The van der Waals surface area contributed by atoms with Crippen LogP contribution in [0, 0.1) is 0 Å². The Morgan fingerprint density at radius 1 is 1.39 bits per heavy atom. The normalized spacial score (nSPS) is 10.6. The highest BCUT2D eigenvalue weighted by Crippen LogP contribution is 2.27. The van der Waals surface area contributed by atoms with Crippen molar-refractivity contribution < 1.29 is 4.74 Å². The lowest BCUT2D eigenvalue weighted by Gasteiger charge is -2.08. The molecule has 0 amide bonds. The Morgan fingerprint density at radius 2 is 2.17 bits per heavy atom. The van der Waals surface area contributed by atoms with Gasteiger partial charge in [-0.05, 0) is 24.3 Å². The zero-order valence-electron chi connectivity index (χ0n) is 10.6. The smallest absolute Gasteiger partial charge is 0.144 e. The number of para-hydroxylation sites is 2. The number of hydrogen-bond acceptors (Lipinski definition) is 4. The molecule has 2 N–H and O–H groups in total. The average molecular weight is 263 g/mol. The van der Waals surface area contributed by atoms with Gasteiger partial charge in [-0.2, -0.15) is 5.10 Å². The summed E-state index contributed by atoms with van der Waals surface area (Å²) in [6, 6.07) is 9.60. The molecule has 5 heteroatoms. The molecule has 2 aromatic rings. The number of nitrogen functional groups attached to an aromatic ring is 1. The van der Waals surface area contributed by atoms with Crippen molar-refractivity contribution in [3.63, 3.8) is 0 Å². The molecule has 0 unspecified atom stereocenters. The average Bonchev–Trinajstić information content (AvgIpc) is 2.77. The fourth-order valence-corrected chi connectivity index (χ4v) is 2.40. The summed E-state index contributed by atoms with van der Waals surface area (Å²) in [5.41, 5.74) is 6.86. The molecule has 0 saturated heterocycles. The SMILES string of the molecule is CCCSc1cc(N)n(-c2ccccc2OC)n1. The molecule has 0 saturated carbocycles. The van der Waals surface area contributed by atoms with Gasteiger partial charge >= 0.3 is 0 Å². The van der Waals surface area contributed by atoms with E-state index in [1.54, 1.807) is 23.6 Å². The molecule has 0 aliphatic rings. The van der Waals surface area contributed by atoms with E-state index in [4.69, 9.17) is 10.5 Å². The van der Waals surface area contributed by atoms with E-state index in [1.807, 2.05) is 30.3 Å². The maximum Gasteiger partial charge on any atom is 0.144 e. The van der Waals surface area contributed by atoms with Gasteiger partial charge in [-0.25, -0.2) is 4.68 Å². The fourth-order valence-electron chi connectivity index (χ4n) is 1.65. The zero-order chi connectivity index (χ0) is 13.0. The van der Waals surface area contributed by atoms with E-state index in [9.17, 15) is 0 Å². The minimum absolute atomic E-state index is 0.623. The summed E-state index contributed by atoms with van der Waals surface area (Å²) in [4.78, 5) is 0. The molecule has 0 spiro atoms. The van der Waals surface area contributed by atoms with E-state index in [0.717, 1.165) is 28.6 Å². The maximum atomic E-state index is 6.00. The fraction of sp³-hybridized carbons (Fsp3) is 0.308. The Balaban J connectivity index is 2.35. The van der Waals surface area contributed by atoms with Crippen molar-refractivity contribution in [2.45, 2.75) is 18.4 Å². The second-order valence-electron chi connectivity index (χ2n) is 3.84. The van der Waals surface area contributed by atoms with Gasteiger partial charge in [0.1, 0.15) is 22.3 Å². The van der Waals surface area contributed by atoms with E-state index in [-0.39, 0.29) is 0 Å². The minimum Gasteiger partial charge on any atom is -0.494 e. The first-order chi connectivity index (χ1) is 8.76. The number of thioether (sulfide) groups is 1. The lowest BCUT2D eigenvalue weighted by atomic mass is 10.3. The molecule has 18 heavy (non-hydrogen) atoms.